The third kappa shape index (κ3) is 3.14. The molecule has 0 atom stereocenters. The van der Waals surface area contributed by atoms with Gasteiger partial charge in [-0.15, -0.1) is 0 Å². The molecule has 0 unspecified atom stereocenters. The number of H-pyrrole nitrogens is 1. The summed E-state index contributed by atoms with van der Waals surface area (Å²) < 4.78 is 5.55. The fourth-order valence-electron chi connectivity index (χ4n) is 1.72. The van der Waals surface area contributed by atoms with Gasteiger partial charge in [0.2, 0.25) is 0 Å². The molecule has 2 rings (SSSR count). The van der Waals surface area contributed by atoms with Crippen molar-refractivity contribution in [2.24, 2.45) is 0 Å². The number of aromatic nitrogens is 2. The molecule has 1 aromatic heterocycles. The molecule has 6 heteroatoms. The molecule has 0 fully saturated rings. The van der Waals surface area contributed by atoms with Gasteiger partial charge in [0.05, 0.1) is 13.4 Å². The van der Waals surface area contributed by atoms with E-state index in [0.717, 1.165) is 11.3 Å². The second kappa shape index (κ2) is 5.88. The lowest BCUT2D eigenvalue weighted by Crippen LogP contribution is -2.21. The van der Waals surface area contributed by atoms with Crippen LogP contribution in [0.4, 0.5) is 5.82 Å². The van der Waals surface area contributed by atoms with E-state index < -0.39 is 0 Å². The van der Waals surface area contributed by atoms with Gasteiger partial charge in [0.25, 0.3) is 5.56 Å². The first kappa shape index (κ1) is 13.6. The minimum atomic E-state index is -0.188. The Morgan fingerprint density at radius 2 is 2.05 bits per heavy atom. The third-order valence-electron chi connectivity index (χ3n) is 2.72. The molecule has 0 spiro atoms. The van der Waals surface area contributed by atoms with Gasteiger partial charge >= 0.3 is 0 Å². The first-order valence-corrected chi connectivity index (χ1v) is 6.48. The number of hydrogen-bond acceptors (Lipinski definition) is 4. The van der Waals surface area contributed by atoms with Crippen LogP contribution in [0, 0.1) is 0 Å². The fourth-order valence-corrected chi connectivity index (χ4v) is 2.24. The second-order valence-corrected chi connectivity index (χ2v) is 4.87. The Bertz CT molecular complexity index is 610. The number of halogens is 1. The molecule has 0 bridgehead atoms. The van der Waals surface area contributed by atoms with Gasteiger partial charge in [-0.3, -0.25) is 4.79 Å². The predicted molar refractivity (Wildman–Crippen MR) is 77.7 cm³/mol. The molecule has 0 radical (unpaired) electrons. The highest BCUT2D eigenvalue weighted by molar-refractivity contribution is 9.10. The zero-order chi connectivity index (χ0) is 13.8. The van der Waals surface area contributed by atoms with Crippen LogP contribution >= 0.6 is 15.9 Å². The van der Waals surface area contributed by atoms with Gasteiger partial charge in [-0.1, -0.05) is 12.1 Å². The van der Waals surface area contributed by atoms with E-state index in [4.69, 9.17) is 4.74 Å². The van der Waals surface area contributed by atoms with E-state index in [1.807, 2.05) is 36.2 Å². The molecule has 2 aromatic rings. The second-order valence-electron chi connectivity index (χ2n) is 4.07. The van der Waals surface area contributed by atoms with E-state index in [1.54, 1.807) is 7.11 Å². The molecule has 0 aliphatic carbocycles. The number of anilines is 1. The molecule has 0 saturated heterocycles. The van der Waals surface area contributed by atoms with Gasteiger partial charge in [0, 0.05) is 13.6 Å². The van der Waals surface area contributed by atoms with Crippen molar-refractivity contribution >= 4 is 21.7 Å². The summed E-state index contributed by atoms with van der Waals surface area (Å²) in [4.78, 5) is 20.1. The van der Waals surface area contributed by atoms with Crippen LogP contribution < -0.4 is 15.2 Å². The summed E-state index contributed by atoms with van der Waals surface area (Å²) in [5.74, 6) is 1.43. The fraction of sp³-hybridized carbons (Fsp3) is 0.231. The Morgan fingerprint density at radius 3 is 2.68 bits per heavy atom. The van der Waals surface area contributed by atoms with Crippen LogP contribution in [0.3, 0.4) is 0 Å². The molecule has 19 heavy (non-hydrogen) atoms. The summed E-state index contributed by atoms with van der Waals surface area (Å²) in [5, 5.41) is 0. The first-order chi connectivity index (χ1) is 9.11. The van der Waals surface area contributed by atoms with Crippen molar-refractivity contribution in [3.8, 4) is 5.75 Å². The minimum absolute atomic E-state index is 0.188. The predicted octanol–water partition coefficient (Wildman–Crippen LogP) is 2.18. The molecule has 1 N–H and O–H groups in total. The molecule has 0 aliphatic heterocycles. The van der Waals surface area contributed by atoms with Crippen LogP contribution in [0.2, 0.25) is 0 Å². The number of ether oxygens (including phenoxy) is 1. The zero-order valence-electron chi connectivity index (χ0n) is 10.7. The molecule has 0 amide bonds. The maximum absolute atomic E-state index is 11.5. The number of benzene rings is 1. The summed E-state index contributed by atoms with van der Waals surface area (Å²) in [6.07, 6.45) is 1.40. The van der Waals surface area contributed by atoms with Gasteiger partial charge < -0.3 is 14.6 Å². The lowest BCUT2D eigenvalue weighted by molar-refractivity contribution is 0.414. The quantitative estimate of drug-likeness (QED) is 0.936. The SMILES string of the molecule is COc1ccc(CN(C)c2nc[nH]c(=O)c2Br)cc1. The van der Waals surface area contributed by atoms with Crippen LogP contribution in [0.5, 0.6) is 5.75 Å². The lowest BCUT2D eigenvalue weighted by atomic mass is 10.2. The van der Waals surface area contributed by atoms with Gasteiger partial charge in [0.1, 0.15) is 16.0 Å². The average Bonchev–Trinajstić information content (AvgIpc) is 2.42. The zero-order valence-corrected chi connectivity index (χ0v) is 12.3. The van der Waals surface area contributed by atoms with E-state index in [1.165, 1.54) is 6.33 Å². The molecule has 100 valence electrons. The smallest absolute Gasteiger partial charge is 0.267 e. The first-order valence-electron chi connectivity index (χ1n) is 5.69. The number of nitrogens with one attached hydrogen (secondary N) is 1. The van der Waals surface area contributed by atoms with Crippen LogP contribution in [0.1, 0.15) is 5.56 Å². The highest BCUT2D eigenvalue weighted by Crippen LogP contribution is 2.20. The van der Waals surface area contributed by atoms with Crippen molar-refractivity contribution in [2.75, 3.05) is 19.1 Å². The summed E-state index contributed by atoms with van der Waals surface area (Å²) >= 11 is 3.25. The number of hydrogen-bond donors (Lipinski definition) is 1. The number of nitrogens with zero attached hydrogens (tertiary/aromatic N) is 2. The third-order valence-corrected chi connectivity index (χ3v) is 3.43. The van der Waals surface area contributed by atoms with E-state index in [-0.39, 0.29) is 5.56 Å². The van der Waals surface area contributed by atoms with Crippen LogP contribution in [-0.2, 0) is 6.54 Å². The number of rotatable bonds is 4. The molecule has 1 aromatic carbocycles. The standard InChI is InChI=1S/C13H14BrN3O2/c1-17(12-11(14)13(18)16-8-15-12)7-9-3-5-10(19-2)6-4-9/h3-6,8H,7H2,1-2H3,(H,15,16,18). The molecule has 0 saturated carbocycles. The maximum Gasteiger partial charge on any atom is 0.267 e. The van der Waals surface area contributed by atoms with E-state index in [0.29, 0.717) is 16.8 Å². The summed E-state index contributed by atoms with van der Waals surface area (Å²) in [7, 11) is 3.52. The van der Waals surface area contributed by atoms with Crippen molar-refractivity contribution < 1.29 is 4.74 Å². The Balaban J connectivity index is 2.18. The molecular formula is C13H14BrN3O2. The van der Waals surface area contributed by atoms with Gasteiger partial charge in [0.15, 0.2) is 0 Å². The van der Waals surface area contributed by atoms with Crippen molar-refractivity contribution in [1.82, 2.24) is 9.97 Å². The summed E-state index contributed by atoms with van der Waals surface area (Å²) in [6, 6.07) is 7.78. The highest BCUT2D eigenvalue weighted by atomic mass is 79.9. The minimum Gasteiger partial charge on any atom is -0.497 e. The van der Waals surface area contributed by atoms with Gasteiger partial charge in [-0.05, 0) is 33.6 Å². The Hall–Kier alpha value is -1.82. The van der Waals surface area contributed by atoms with Crippen molar-refractivity contribution in [1.29, 1.82) is 0 Å². The molecule has 1 heterocycles. The van der Waals surface area contributed by atoms with E-state index in [9.17, 15) is 4.79 Å². The van der Waals surface area contributed by atoms with Crippen molar-refractivity contribution in [3.63, 3.8) is 0 Å². The lowest BCUT2D eigenvalue weighted by Gasteiger charge is -2.19. The summed E-state index contributed by atoms with van der Waals surface area (Å²) in [5.41, 5.74) is 0.920. The van der Waals surface area contributed by atoms with Gasteiger partial charge in [-0.25, -0.2) is 4.98 Å². The summed E-state index contributed by atoms with van der Waals surface area (Å²) in [6.45, 7) is 0.652. The van der Waals surface area contributed by atoms with Crippen molar-refractivity contribution in [2.45, 2.75) is 6.54 Å². The van der Waals surface area contributed by atoms with E-state index in [2.05, 4.69) is 25.9 Å². The molecule has 5 nitrogen and oxygen atoms in total. The van der Waals surface area contributed by atoms with Crippen LogP contribution in [0.15, 0.2) is 39.9 Å². The molecule has 0 aliphatic rings. The number of methoxy groups -OCH3 is 1. The topological polar surface area (TPSA) is 58.2 Å². The maximum atomic E-state index is 11.5. The monoisotopic (exact) mass is 323 g/mol. The van der Waals surface area contributed by atoms with Gasteiger partial charge in [-0.2, -0.15) is 0 Å². The van der Waals surface area contributed by atoms with Crippen LogP contribution in [-0.4, -0.2) is 24.1 Å². The Kier molecular flexibility index (Phi) is 4.21. The molecular weight excluding hydrogens is 310 g/mol. The van der Waals surface area contributed by atoms with E-state index >= 15 is 0 Å². The number of aromatic amines is 1. The average molecular weight is 324 g/mol. The largest absolute Gasteiger partial charge is 0.497 e. The highest BCUT2D eigenvalue weighted by Gasteiger charge is 2.10. The van der Waals surface area contributed by atoms with Crippen molar-refractivity contribution in [3.05, 3.63) is 51.0 Å². The van der Waals surface area contributed by atoms with Crippen LogP contribution in [0.25, 0.3) is 0 Å². The Labute approximate surface area is 119 Å². The Morgan fingerprint density at radius 1 is 1.37 bits per heavy atom. The normalized spacial score (nSPS) is 10.3.